The third-order valence-corrected chi connectivity index (χ3v) is 4.55. The summed E-state index contributed by atoms with van der Waals surface area (Å²) in [5.74, 6) is -1.38. The maximum absolute atomic E-state index is 13.0. The van der Waals surface area contributed by atoms with Crippen molar-refractivity contribution in [1.29, 1.82) is 0 Å². The van der Waals surface area contributed by atoms with E-state index < -0.39 is 12.0 Å². The molecule has 3 aromatic rings. The number of aromatic nitrogens is 3. The van der Waals surface area contributed by atoms with Crippen LogP contribution in [0.3, 0.4) is 0 Å². The minimum Gasteiger partial charge on any atom is -0.481 e. The number of halogens is 1. The molecule has 2 N–H and O–H groups in total. The number of fused-ring (bicyclic) bond motifs is 1. The average molecular weight is 387 g/mol. The second-order valence-corrected chi connectivity index (χ2v) is 6.83. The highest BCUT2D eigenvalue weighted by Crippen LogP contribution is 2.24. The molecule has 0 aliphatic rings. The van der Waals surface area contributed by atoms with E-state index in [-0.39, 0.29) is 12.3 Å². The molecular formula is C19H19ClN4O3. The molecule has 2 aromatic heterocycles. The number of carbonyl (C=O) groups is 2. The molecule has 0 spiro atoms. The van der Waals surface area contributed by atoms with Gasteiger partial charge >= 0.3 is 5.97 Å². The number of carbonyl (C=O) groups excluding carboxylic acids is 1. The van der Waals surface area contributed by atoms with Crippen LogP contribution in [0.25, 0.3) is 11.0 Å². The van der Waals surface area contributed by atoms with Gasteiger partial charge in [0.1, 0.15) is 0 Å². The fraction of sp³-hybridized carbons (Fsp3) is 0.263. The molecule has 0 aliphatic carbocycles. The largest absolute Gasteiger partial charge is 0.481 e. The lowest BCUT2D eigenvalue weighted by molar-refractivity contribution is -0.137. The van der Waals surface area contributed by atoms with Gasteiger partial charge in [-0.1, -0.05) is 23.7 Å². The predicted octanol–water partition coefficient (Wildman–Crippen LogP) is 3.18. The van der Waals surface area contributed by atoms with Gasteiger partial charge in [-0.2, -0.15) is 5.10 Å². The summed E-state index contributed by atoms with van der Waals surface area (Å²) in [4.78, 5) is 28.7. The molecule has 1 amide bonds. The van der Waals surface area contributed by atoms with Crippen molar-refractivity contribution in [3.8, 4) is 0 Å². The van der Waals surface area contributed by atoms with E-state index in [4.69, 9.17) is 11.6 Å². The van der Waals surface area contributed by atoms with Crippen molar-refractivity contribution in [2.75, 3.05) is 0 Å². The lowest BCUT2D eigenvalue weighted by atomic mass is 10.0. The highest BCUT2D eigenvalue weighted by Gasteiger charge is 2.22. The number of benzene rings is 1. The zero-order chi connectivity index (χ0) is 19.7. The van der Waals surface area contributed by atoms with Crippen LogP contribution in [0, 0.1) is 13.8 Å². The summed E-state index contributed by atoms with van der Waals surface area (Å²) in [5.41, 5.74) is 3.06. The Morgan fingerprint density at radius 2 is 1.93 bits per heavy atom. The zero-order valence-electron chi connectivity index (χ0n) is 15.2. The van der Waals surface area contributed by atoms with Crippen LogP contribution < -0.4 is 5.32 Å². The van der Waals surface area contributed by atoms with Gasteiger partial charge in [0.05, 0.1) is 29.1 Å². The minimum atomic E-state index is -1.01. The predicted molar refractivity (Wildman–Crippen MR) is 102 cm³/mol. The monoisotopic (exact) mass is 386 g/mol. The fourth-order valence-corrected chi connectivity index (χ4v) is 3.23. The number of amides is 1. The molecule has 0 saturated carbocycles. The van der Waals surface area contributed by atoms with Crippen LogP contribution in [0.15, 0.2) is 30.3 Å². The van der Waals surface area contributed by atoms with Crippen molar-refractivity contribution in [3.63, 3.8) is 0 Å². The van der Waals surface area contributed by atoms with Crippen LogP contribution in [-0.4, -0.2) is 31.7 Å². The van der Waals surface area contributed by atoms with E-state index in [2.05, 4.69) is 15.4 Å². The molecule has 3 rings (SSSR count). The number of hydrogen-bond acceptors (Lipinski definition) is 4. The molecular weight excluding hydrogens is 368 g/mol. The van der Waals surface area contributed by atoms with E-state index in [9.17, 15) is 14.7 Å². The zero-order valence-corrected chi connectivity index (χ0v) is 15.9. The van der Waals surface area contributed by atoms with Gasteiger partial charge in [0.25, 0.3) is 5.91 Å². The first-order chi connectivity index (χ1) is 12.8. The second-order valence-electron chi connectivity index (χ2n) is 6.39. The number of hydrogen-bond donors (Lipinski definition) is 2. The number of nitrogens with zero attached hydrogens (tertiary/aromatic N) is 3. The summed E-state index contributed by atoms with van der Waals surface area (Å²) in [6.07, 6.45) is -0.243. The lowest BCUT2D eigenvalue weighted by Gasteiger charge is -2.18. The van der Waals surface area contributed by atoms with Gasteiger partial charge in [-0.25, -0.2) is 4.98 Å². The molecule has 0 unspecified atom stereocenters. The van der Waals surface area contributed by atoms with Gasteiger partial charge in [0.15, 0.2) is 5.65 Å². The summed E-state index contributed by atoms with van der Waals surface area (Å²) in [7, 11) is 1.77. The smallest absolute Gasteiger partial charge is 0.305 e. The van der Waals surface area contributed by atoms with E-state index in [0.717, 1.165) is 0 Å². The molecule has 2 heterocycles. The van der Waals surface area contributed by atoms with Crippen LogP contribution in [0.4, 0.5) is 0 Å². The maximum atomic E-state index is 13.0. The lowest BCUT2D eigenvalue weighted by Crippen LogP contribution is -2.30. The van der Waals surface area contributed by atoms with Crippen LogP contribution in [0.1, 0.15) is 39.8 Å². The summed E-state index contributed by atoms with van der Waals surface area (Å²) in [5, 5.41) is 17.6. The molecule has 0 saturated heterocycles. The van der Waals surface area contributed by atoms with Gasteiger partial charge in [0.2, 0.25) is 0 Å². The van der Waals surface area contributed by atoms with Gasteiger partial charge in [-0.3, -0.25) is 14.3 Å². The Kier molecular flexibility index (Phi) is 5.14. The highest BCUT2D eigenvalue weighted by molar-refractivity contribution is 6.30. The molecule has 140 valence electrons. The topological polar surface area (TPSA) is 97.1 Å². The van der Waals surface area contributed by atoms with Crippen molar-refractivity contribution in [3.05, 3.63) is 57.9 Å². The molecule has 7 nitrogen and oxygen atoms in total. The Morgan fingerprint density at radius 1 is 1.26 bits per heavy atom. The van der Waals surface area contributed by atoms with Crippen molar-refractivity contribution in [2.45, 2.75) is 26.3 Å². The minimum absolute atomic E-state index is 0.243. The summed E-state index contributed by atoms with van der Waals surface area (Å²) >= 11 is 5.91. The number of aryl methyl sites for hydroxylation is 3. The van der Waals surface area contributed by atoms with Gasteiger partial charge in [-0.05, 0) is 37.6 Å². The summed E-state index contributed by atoms with van der Waals surface area (Å²) in [6, 6.07) is 7.74. The number of rotatable bonds is 5. The normalized spacial score (nSPS) is 12.1. The average Bonchev–Trinajstić information content (AvgIpc) is 2.88. The maximum Gasteiger partial charge on any atom is 0.305 e. The highest BCUT2D eigenvalue weighted by atomic mass is 35.5. The van der Waals surface area contributed by atoms with Crippen molar-refractivity contribution in [1.82, 2.24) is 20.1 Å². The number of carboxylic acids is 1. The second kappa shape index (κ2) is 7.36. The van der Waals surface area contributed by atoms with E-state index in [0.29, 0.717) is 38.6 Å². The third kappa shape index (κ3) is 3.93. The quantitative estimate of drug-likeness (QED) is 0.701. The Bertz CT molecular complexity index is 1030. The van der Waals surface area contributed by atoms with Crippen LogP contribution in [0.2, 0.25) is 5.02 Å². The van der Waals surface area contributed by atoms with Gasteiger partial charge in [-0.15, -0.1) is 0 Å². The van der Waals surface area contributed by atoms with Crippen LogP contribution in [0.5, 0.6) is 0 Å². The number of carboxylic acid groups (broad SMARTS) is 1. The molecule has 1 aromatic carbocycles. The molecule has 1 atom stereocenters. The summed E-state index contributed by atoms with van der Waals surface area (Å²) < 4.78 is 1.63. The van der Waals surface area contributed by atoms with E-state index >= 15 is 0 Å². The molecule has 0 aliphatic heterocycles. The molecule has 0 bridgehead atoms. The molecule has 0 radical (unpaired) electrons. The van der Waals surface area contributed by atoms with Crippen molar-refractivity contribution in [2.24, 2.45) is 7.05 Å². The summed E-state index contributed by atoms with van der Waals surface area (Å²) in [6.45, 7) is 3.61. The first-order valence-corrected chi connectivity index (χ1v) is 8.73. The first kappa shape index (κ1) is 18.8. The third-order valence-electron chi connectivity index (χ3n) is 4.30. The van der Waals surface area contributed by atoms with Crippen molar-refractivity contribution < 1.29 is 14.7 Å². The molecule has 8 heteroatoms. The van der Waals surface area contributed by atoms with Crippen molar-refractivity contribution >= 4 is 34.5 Å². The Labute approximate surface area is 161 Å². The number of pyridine rings is 1. The van der Waals surface area contributed by atoms with Crippen LogP contribution in [-0.2, 0) is 11.8 Å². The van der Waals surface area contributed by atoms with Gasteiger partial charge < -0.3 is 10.4 Å². The Hall–Kier alpha value is -2.93. The van der Waals surface area contributed by atoms with E-state index in [1.54, 1.807) is 49.0 Å². The first-order valence-electron chi connectivity index (χ1n) is 8.35. The van der Waals surface area contributed by atoms with Crippen LogP contribution >= 0.6 is 11.6 Å². The Morgan fingerprint density at radius 3 is 2.56 bits per heavy atom. The SMILES string of the molecule is Cc1cc(C(=O)N[C@@H](CC(=O)O)c2ccc(Cl)cc2)c2c(C)nn(C)c2n1. The molecule has 0 fully saturated rings. The van der Waals surface area contributed by atoms with E-state index in [1.807, 2.05) is 6.92 Å². The fourth-order valence-electron chi connectivity index (χ4n) is 3.11. The van der Waals surface area contributed by atoms with E-state index in [1.165, 1.54) is 0 Å². The molecule has 27 heavy (non-hydrogen) atoms. The standard InChI is InChI=1S/C19H19ClN4O3/c1-10-8-14(17-11(2)23-24(3)18(17)21-10)19(27)22-15(9-16(25)26)12-4-6-13(20)7-5-12/h4-8,15H,9H2,1-3H3,(H,22,27)(H,25,26)/t15-/m0/s1. The number of aliphatic carboxylic acids is 1. The Balaban J connectivity index is 2.00. The van der Waals surface area contributed by atoms with Gasteiger partial charge in [0, 0.05) is 17.8 Å². The number of nitrogens with one attached hydrogen (secondary N) is 1.